The van der Waals surface area contributed by atoms with Crippen LogP contribution in [0, 0.1) is 5.41 Å². The van der Waals surface area contributed by atoms with Gasteiger partial charge in [0.25, 0.3) is 0 Å². The molecule has 112 valence electrons. The second-order valence-electron chi connectivity index (χ2n) is 5.98. The summed E-state index contributed by atoms with van der Waals surface area (Å²) in [6.07, 6.45) is 3.29. The molecule has 6 nitrogen and oxygen atoms in total. The third-order valence-corrected chi connectivity index (χ3v) is 3.00. The molecule has 0 spiro atoms. The Balaban J connectivity index is 2.01. The predicted molar refractivity (Wildman–Crippen MR) is 80.7 cm³/mol. The smallest absolute Gasteiger partial charge is 0.241 e. The van der Waals surface area contributed by atoms with Crippen molar-refractivity contribution in [2.24, 2.45) is 5.41 Å². The standard InChI is InChI=1S/C14H18ClN5O/c1-14(2,3)9-17-12(21)8-20-7-11(18-19-20)10-5-4-6-16-13(10)15/h4-7H,8-9H2,1-3H3,(H,17,21). The minimum absolute atomic E-state index is 0.0480. The third-order valence-electron chi connectivity index (χ3n) is 2.70. The van der Waals surface area contributed by atoms with E-state index in [0.29, 0.717) is 23.0 Å². The Bertz CT molecular complexity index is 632. The first-order chi connectivity index (χ1) is 9.85. The monoisotopic (exact) mass is 307 g/mol. The third kappa shape index (κ3) is 4.53. The largest absolute Gasteiger partial charge is 0.354 e. The molecule has 1 N–H and O–H groups in total. The van der Waals surface area contributed by atoms with E-state index in [1.54, 1.807) is 18.5 Å². The van der Waals surface area contributed by atoms with Crippen LogP contribution in [0.4, 0.5) is 0 Å². The maximum absolute atomic E-state index is 11.8. The SMILES string of the molecule is CC(C)(C)CNC(=O)Cn1cc(-c2cccnc2Cl)nn1. The second-order valence-corrected chi connectivity index (χ2v) is 6.34. The van der Waals surface area contributed by atoms with Gasteiger partial charge in [-0.25, -0.2) is 9.67 Å². The Kier molecular flexibility index (Phi) is 4.57. The summed E-state index contributed by atoms with van der Waals surface area (Å²) >= 11 is 6.01. The number of hydrogen-bond acceptors (Lipinski definition) is 4. The molecule has 0 aliphatic carbocycles. The maximum Gasteiger partial charge on any atom is 0.241 e. The first-order valence-corrected chi connectivity index (χ1v) is 7.01. The summed E-state index contributed by atoms with van der Waals surface area (Å²) < 4.78 is 1.48. The van der Waals surface area contributed by atoms with Crippen molar-refractivity contribution in [3.8, 4) is 11.3 Å². The van der Waals surface area contributed by atoms with Gasteiger partial charge in [-0.3, -0.25) is 4.79 Å². The zero-order valence-electron chi connectivity index (χ0n) is 12.3. The van der Waals surface area contributed by atoms with Crippen LogP contribution in [0.15, 0.2) is 24.5 Å². The molecular weight excluding hydrogens is 290 g/mol. The summed E-state index contributed by atoms with van der Waals surface area (Å²) in [5.41, 5.74) is 1.34. The van der Waals surface area contributed by atoms with Gasteiger partial charge in [0.15, 0.2) is 0 Å². The highest BCUT2D eigenvalue weighted by molar-refractivity contribution is 6.31. The summed E-state index contributed by atoms with van der Waals surface area (Å²) in [6, 6.07) is 3.58. The van der Waals surface area contributed by atoms with E-state index in [4.69, 9.17) is 11.6 Å². The number of rotatable bonds is 4. The lowest BCUT2D eigenvalue weighted by atomic mass is 9.97. The van der Waals surface area contributed by atoms with Crippen molar-refractivity contribution < 1.29 is 4.79 Å². The molecule has 21 heavy (non-hydrogen) atoms. The number of aromatic nitrogens is 4. The van der Waals surface area contributed by atoms with Gasteiger partial charge in [-0.1, -0.05) is 37.6 Å². The molecule has 0 saturated carbocycles. The summed E-state index contributed by atoms with van der Waals surface area (Å²) in [5, 5.41) is 11.2. The number of carbonyl (C=O) groups excluding carboxylic acids is 1. The molecule has 0 bridgehead atoms. The van der Waals surface area contributed by atoms with Crippen molar-refractivity contribution >= 4 is 17.5 Å². The van der Waals surface area contributed by atoms with Gasteiger partial charge >= 0.3 is 0 Å². The van der Waals surface area contributed by atoms with E-state index in [9.17, 15) is 4.79 Å². The minimum Gasteiger partial charge on any atom is -0.354 e. The fourth-order valence-corrected chi connectivity index (χ4v) is 1.86. The van der Waals surface area contributed by atoms with E-state index in [0.717, 1.165) is 0 Å². The lowest BCUT2D eigenvalue weighted by molar-refractivity contribution is -0.122. The van der Waals surface area contributed by atoms with Gasteiger partial charge in [-0.15, -0.1) is 5.10 Å². The van der Waals surface area contributed by atoms with Crippen LogP contribution in [-0.4, -0.2) is 32.4 Å². The first-order valence-electron chi connectivity index (χ1n) is 6.63. The summed E-state index contributed by atoms with van der Waals surface area (Å²) in [6.45, 7) is 6.92. The van der Waals surface area contributed by atoms with Crippen molar-refractivity contribution in [3.05, 3.63) is 29.7 Å². The normalized spacial score (nSPS) is 11.4. The van der Waals surface area contributed by atoms with Gasteiger partial charge in [0.05, 0.1) is 6.20 Å². The number of hydrogen-bond donors (Lipinski definition) is 1. The van der Waals surface area contributed by atoms with Crippen LogP contribution in [0.2, 0.25) is 5.15 Å². The first kappa shape index (κ1) is 15.4. The van der Waals surface area contributed by atoms with E-state index in [1.165, 1.54) is 4.68 Å². The van der Waals surface area contributed by atoms with E-state index >= 15 is 0 Å². The summed E-state index contributed by atoms with van der Waals surface area (Å²) in [7, 11) is 0. The zero-order valence-corrected chi connectivity index (χ0v) is 13.1. The highest BCUT2D eigenvalue weighted by Gasteiger charge is 2.13. The van der Waals surface area contributed by atoms with Crippen LogP contribution < -0.4 is 5.32 Å². The molecule has 0 atom stereocenters. The van der Waals surface area contributed by atoms with Gasteiger partial charge in [0.1, 0.15) is 17.4 Å². The zero-order chi connectivity index (χ0) is 15.5. The van der Waals surface area contributed by atoms with Gasteiger partial charge < -0.3 is 5.32 Å². The second kappa shape index (κ2) is 6.22. The lowest BCUT2D eigenvalue weighted by Crippen LogP contribution is -2.34. The van der Waals surface area contributed by atoms with Crippen molar-refractivity contribution in [1.29, 1.82) is 0 Å². The average molecular weight is 308 g/mol. The molecule has 0 saturated heterocycles. The number of pyridine rings is 1. The molecule has 0 radical (unpaired) electrons. The molecule has 2 aromatic heterocycles. The lowest BCUT2D eigenvalue weighted by Gasteiger charge is -2.18. The van der Waals surface area contributed by atoms with E-state index in [-0.39, 0.29) is 17.9 Å². The summed E-state index contributed by atoms with van der Waals surface area (Å²) in [5.74, 6) is -0.0985. The van der Waals surface area contributed by atoms with Crippen molar-refractivity contribution in [1.82, 2.24) is 25.3 Å². The predicted octanol–water partition coefficient (Wildman–Crippen LogP) is 2.16. The van der Waals surface area contributed by atoms with Gasteiger partial charge in [0, 0.05) is 18.3 Å². The van der Waals surface area contributed by atoms with Crippen LogP contribution in [0.5, 0.6) is 0 Å². The molecule has 2 heterocycles. The van der Waals surface area contributed by atoms with Crippen molar-refractivity contribution in [3.63, 3.8) is 0 Å². The maximum atomic E-state index is 11.8. The Hall–Kier alpha value is -1.95. The number of nitrogens with zero attached hydrogens (tertiary/aromatic N) is 4. The highest BCUT2D eigenvalue weighted by atomic mass is 35.5. The number of nitrogens with one attached hydrogen (secondary N) is 1. The van der Waals surface area contributed by atoms with Gasteiger partial charge in [-0.05, 0) is 17.5 Å². The molecule has 1 amide bonds. The quantitative estimate of drug-likeness (QED) is 0.879. The highest BCUT2D eigenvalue weighted by Crippen LogP contribution is 2.22. The Morgan fingerprint density at radius 2 is 2.19 bits per heavy atom. The Morgan fingerprint density at radius 3 is 2.86 bits per heavy atom. The topological polar surface area (TPSA) is 72.7 Å². The molecule has 0 fully saturated rings. The minimum atomic E-state index is -0.0985. The van der Waals surface area contributed by atoms with Crippen LogP contribution in [-0.2, 0) is 11.3 Å². The number of amides is 1. The van der Waals surface area contributed by atoms with E-state index < -0.39 is 0 Å². The molecule has 2 aromatic rings. The van der Waals surface area contributed by atoms with Gasteiger partial charge in [0.2, 0.25) is 5.91 Å². The number of carbonyl (C=O) groups is 1. The van der Waals surface area contributed by atoms with Crippen LogP contribution in [0.1, 0.15) is 20.8 Å². The van der Waals surface area contributed by atoms with Crippen molar-refractivity contribution in [2.75, 3.05) is 6.54 Å². The molecule has 0 aliphatic rings. The Labute approximate surface area is 128 Å². The van der Waals surface area contributed by atoms with Gasteiger partial charge in [-0.2, -0.15) is 0 Å². The van der Waals surface area contributed by atoms with Crippen molar-refractivity contribution in [2.45, 2.75) is 27.3 Å². The Morgan fingerprint density at radius 1 is 1.43 bits per heavy atom. The summed E-state index contributed by atoms with van der Waals surface area (Å²) in [4.78, 5) is 15.8. The number of halogens is 1. The van der Waals surface area contributed by atoms with Crippen LogP contribution in [0.3, 0.4) is 0 Å². The van der Waals surface area contributed by atoms with Crippen LogP contribution >= 0.6 is 11.6 Å². The average Bonchev–Trinajstić information content (AvgIpc) is 2.84. The fraction of sp³-hybridized carbons (Fsp3) is 0.429. The molecule has 0 unspecified atom stereocenters. The fourth-order valence-electron chi connectivity index (χ4n) is 1.64. The van der Waals surface area contributed by atoms with Crippen LogP contribution in [0.25, 0.3) is 11.3 Å². The molecule has 0 aliphatic heterocycles. The molecular formula is C14H18ClN5O. The molecule has 2 rings (SSSR count). The molecule has 7 heteroatoms. The molecule has 0 aromatic carbocycles. The van der Waals surface area contributed by atoms with E-state index in [2.05, 4.69) is 41.4 Å². The van der Waals surface area contributed by atoms with E-state index in [1.807, 2.05) is 6.07 Å².